The highest BCUT2D eigenvalue weighted by atomic mass is 28.4. The number of hydrogen-bond donors (Lipinski definition) is 2. The fourth-order valence-corrected chi connectivity index (χ4v) is 9.73. The molecular formula is C27H60N2O6Si2. The van der Waals surface area contributed by atoms with Crippen LogP contribution in [0.3, 0.4) is 0 Å². The fraction of sp³-hybridized carbons (Fsp3) is 1.00. The molecular weight excluding hydrogens is 504 g/mol. The van der Waals surface area contributed by atoms with Crippen LogP contribution in [0.4, 0.5) is 0 Å². The summed E-state index contributed by atoms with van der Waals surface area (Å²) in [5.41, 5.74) is 0. The summed E-state index contributed by atoms with van der Waals surface area (Å²) in [4.78, 5) is 0. The summed E-state index contributed by atoms with van der Waals surface area (Å²) in [6.45, 7) is 10.1. The average molecular weight is 565 g/mol. The molecule has 2 N–H and O–H groups in total. The molecule has 0 aromatic rings. The van der Waals surface area contributed by atoms with E-state index in [1.165, 1.54) is 64.2 Å². The third-order valence-corrected chi connectivity index (χ3v) is 13.4. The molecule has 0 amide bonds. The van der Waals surface area contributed by atoms with Crippen LogP contribution in [0.1, 0.15) is 97.8 Å². The van der Waals surface area contributed by atoms with Crippen molar-refractivity contribution in [1.82, 2.24) is 10.6 Å². The van der Waals surface area contributed by atoms with E-state index < -0.39 is 17.6 Å². The first-order valence-electron chi connectivity index (χ1n) is 15.1. The maximum Gasteiger partial charge on any atom is 0.500 e. The first-order valence-corrected chi connectivity index (χ1v) is 18.9. The molecule has 0 radical (unpaired) electrons. The monoisotopic (exact) mass is 564 g/mol. The van der Waals surface area contributed by atoms with Crippen molar-refractivity contribution in [3.63, 3.8) is 0 Å². The smallest absolute Gasteiger partial charge is 0.377 e. The Morgan fingerprint density at radius 1 is 0.541 bits per heavy atom. The molecule has 0 heterocycles. The minimum Gasteiger partial charge on any atom is -0.377 e. The van der Waals surface area contributed by atoms with Crippen LogP contribution in [0.2, 0.25) is 12.1 Å². The lowest BCUT2D eigenvalue weighted by atomic mass is 9.95. The topological polar surface area (TPSA) is 79.4 Å². The summed E-state index contributed by atoms with van der Waals surface area (Å²) >= 11 is 0. The van der Waals surface area contributed by atoms with Crippen molar-refractivity contribution in [2.24, 2.45) is 0 Å². The molecule has 2 saturated carbocycles. The van der Waals surface area contributed by atoms with E-state index in [4.69, 9.17) is 26.6 Å². The summed E-state index contributed by atoms with van der Waals surface area (Å²) in [6.07, 6.45) is 15.8. The molecule has 0 bridgehead atoms. The fourth-order valence-electron chi connectivity index (χ4n) is 5.39. The van der Waals surface area contributed by atoms with E-state index in [0.29, 0.717) is 19.8 Å². The van der Waals surface area contributed by atoms with E-state index in [0.717, 1.165) is 50.1 Å². The average Bonchev–Trinajstić information content (AvgIpc) is 2.94. The Bertz CT molecular complexity index is 494. The van der Waals surface area contributed by atoms with Gasteiger partial charge in [-0.25, -0.2) is 0 Å². The van der Waals surface area contributed by atoms with Crippen LogP contribution in [-0.4, -0.2) is 83.9 Å². The molecule has 2 aliphatic rings. The standard InChI is InChI=1S/C15H33NO3Si.C12H27NO3Si/c1-4-17-20(18-5-2,19-6-3)14-10-13-16-15-11-8-7-9-12-15;1-14-17(15-2,16-3)11-7-10-13-12-8-5-4-6-9-12/h15-16H,4-14H2,1-3H3;12-13H,4-11H2,1-3H3. The van der Waals surface area contributed by atoms with Gasteiger partial charge in [0.05, 0.1) is 0 Å². The molecule has 2 rings (SSSR count). The summed E-state index contributed by atoms with van der Waals surface area (Å²) < 4.78 is 33.8. The molecule has 0 aromatic heterocycles. The van der Waals surface area contributed by atoms with Crippen LogP contribution in [0, 0.1) is 0 Å². The molecule has 37 heavy (non-hydrogen) atoms. The van der Waals surface area contributed by atoms with Gasteiger partial charge in [0.25, 0.3) is 0 Å². The van der Waals surface area contributed by atoms with Gasteiger partial charge in [-0.05, 0) is 72.4 Å². The van der Waals surface area contributed by atoms with Crippen molar-refractivity contribution in [3.05, 3.63) is 0 Å². The van der Waals surface area contributed by atoms with Crippen molar-refractivity contribution in [2.75, 3.05) is 54.2 Å². The van der Waals surface area contributed by atoms with E-state index in [1.807, 2.05) is 20.8 Å². The summed E-state index contributed by atoms with van der Waals surface area (Å²) in [5, 5.41) is 7.30. The van der Waals surface area contributed by atoms with Crippen LogP contribution in [0.5, 0.6) is 0 Å². The molecule has 0 aromatic carbocycles. The van der Waals surface area contributed by atoms with Crippen LogP contribution in [0.25, 0.3) is 0 Å². The molecule has 0 aliphatic heterocycles. The third-order valence-electron chi connectivity index (χ3n) is 7.42. The Hall–Kier alpha value is 0.114. The predicted molar refractivity (Wildman–Crippen MR) is 156 cm³/mol. The number of nitrogens with one attached hydrogen (secondary N) is 2. The van der Waals surface area contributed by atoms with Gasteiger partial charge in [-0.2, -0.15) is 0 Å². The maximum atomic E-state index is 5.87. The SMILES string of the molecule is CCO[Si](CCCNC1CCCCC1)(OCC)OCC.CO[Si](CCCNC1CCCCC1)(OC)OC. The van der Waals surface area contributed by atoms with E-state index >= 15 is 0 Å². The highest BCUT2D eigenvalue weighted by molar-refractivity contribution is 6.61. The molecule has 0 unspecified atom stereocenters. The van der Waals surface area contributed by atoms with Gasteiger partial charge in [0.15, 0.2) is 0 Å². The Labute approximate surface area is 231 Å². The number of rotatable bonds is 19. The van der Waals surface area contributed by atoms with Gasteiger partial charge < -0.3 is 37.2 Å². The lowest BCUT2D eigenvalue weighted by Gasteiger charge is -2.29. The summed E-state index contributed by atoms with van der Waals surface area (Å²) in [5.74, 6) is 0. The van der Waals surface area contributed by atoms with Crippen molar-refractivity contribution in [2.45, 2.75) is 122 Å². The van der Waals surface area contributed by atoms with Gasteiger partial charge in [-0.1, -0.05) is 38.5 Å². The molecule has 0 spiro atoms. The Morgan fingerprint density at radius 2 is 0.892 bits per heavy atom. The third kappa shape index (κ3) is 14.9. The molecule has 8 nitrogen and oxygen atoms in total. The van der Waals surface area contributed by atoms with Crippen molar-refractivity contribution < 1.29 is 26.6 Å². The Morgan fingerprint density at radius 3 is 1.22 bits per heavy atom. The molecule has 2 fully saturated rings. The number of hydrogen-bond acceptors (Lipinski definition) is 8. The van der Waals surface area contributed by atoms with Gasteiger partial charge in [0, 0.05) is 65.3 Å². The second-order valence-electron chi connectivity index (χ2n) is 10.1. The minimum atomic E-state index is -2.42. The van der Waals surface area contributed by atoms with Crippen LogP contribution >= 0.6 is 0 Å². The summed E-state index contributed by atoms with van der Waals surface area (Å²) in [7, 11) is 0.257. The zero-order valence-electron chi connectivity index (χ0n) is 25.0. The van der Waals surface area contributed by atoms with Crippen LogP contribution in [-0.2, 0) is 26.6 Å². The van der Waals surface area contributed by atoms with Gasteiger partial charge in [0.1, 0.15) is 0 Å². The Balaban J connectivity index is 0.000000375. The zero-order chi connectivity index (χ0) is 27.2. The highest BCUT2D eigenvalue weighted by Crippen LogP contribution is 2.20. The predicted octanol–water partition coefficient (Wildman–Crippen LogP) is 5.52. The molecule has 10 heteroatoms. The normalized spacial score (nSPS) is 18.0. The molecule has 222 valence electrons. The van der Waals surface area contributed by atoms with Gasteiger partial charge >= 0.3 is 17.6 Å². The van der Waals surface area contributed by atoms with E-state index in [2.05, 4.69) is 10.6 Å². The van der Waals surface area contributed by atoms with Crippen molar-refractivity contribution in [1.29, 1.82) is 0 Å². The first-order chi connectivity index (χ1) is 18.0. The van der Waals surface area contributed by atoms with Crippen molar-refractivity contribution in [3.8, 4) is 0 Å². The van der Waals surface area contributed by atoms with E-state index in [1.54, 1.807) is 21.3 Å². The van der Waals surface area contributed by atoms with Gasteiger partial charge in [0.2, 0.25) is 0 Å². The molecule has 0 saturated heterocycles. The van der Waals surface area contributed by atoms with Gasteiger partial charge in [-0.3, -0.25) is 0 Å². The maximum absolute atomic E-state index is 5.87. The van der Waals surface area contributed by atoms with Crippen LogP contribution in [0.15, 0.2) is 0 Å². The second kappa shape index (κ2) is 21.9. The molecule has 0 atom stereocenters. The van der Waals surface area contributed by atoms with Crippen LogP contribution < -0.4 is 10.6 Å². The van der Waals surface area contributed by atoms with Crippen molar-refractivity contribution >= 4 is 17.6 Å². The van der Waals surface area contributed by atoms with E-state index in [9.17, 15) is 0 Å². The lowest BCUT2D eigenvalue weighted by molar-refractivity contribution is 0.0707. The highest BCUT2D eigenvalue weighted by Gasteiger charge is 2.39. The Kier molecular flexibility index (Phi) is 20.8. The largest absolute Gasteiger partial charge is 0.500 e. The second-order valence-corrected chi connectivity index (χ2v) is 15.9. The summed E-state index contributed by atoms with van der Waals surface area (Å²) in [6, 6.07) is 3.26. The zero-order valence-corrected chi connectivity index (χ0v) is 27.0. The molecule has 2 aliphatic carbocycles. The quantitative estimate of drug-likeness (QED) is 0.157. The lowest BCUT2D eigenvalue weighted by Crippen LogP contribution is -2.46. The van der Waals surface area contributed by atoms with Gasteiger partial charge in [-0.15, -0.1) is 0 Å². The first kappa shape index (κ1) is 35.1. The minimum absolute atomic E-state index is 0.669. The van der Waals surface area contributed by atoms with E-state index in [-0.39, 0.29) is 0 Å².